The zero-order chi connectivity index (χ0) is 22.1. The second kappa shape index (κ2) is 8.58. The predicted molar refractivity (Wildman–Crippen MR) is 113 cm³/mol. The molecule has 0 radical (unpaired) electrons. The van der Waals surface area contributed by atoms with Gasteiger partial charge in [-0.3, -0.25) is 9.63 Å². The van der Waals surface area contributed by atoms with Crippen molar-refractivity contribution < 1.29 is 22.4 Å². The Morgan fingerprint density at radius 1 is 1.33 bits per heavy atom. The highest BCUT2D eigenvalue weighted by Crippen LogP contribution is 2.33. The number of benzene rings is 2. The first kappa shape index (κ1) is 22.0. The molecule has 0 aliphatic heterocycles. The maximum atomic E-state index is 15.3. The number of amides is 1. The van der Waals surface area contributed by atoms with Gasteiger partial charge in [0, 0.05) is 13.3 Å². The van der Waals surface area contributed by atoms with Gasteiger partial charge in [-0.05, 0) is 30.7 Å². The van der Waals surface area contributed by atoms with E-state index in [1.807, 2.05) is 6.92 Å². The van der Waals surface area contributed by atoms with Crippen LogP contribution in [-0.2, 0) is 21.7 Å². The number of nitrogens with one attached hydrogen (secondary N) is 2. The third-order valence-electron chi connectivity index (χ3n) is 4.31. The molecular formula is C19H20ClFN4O4S. The van der Waals surface area contributed by atoms with Crippen molar-refractivity contribution in [3.8, 4) is 0 Å². The van der Waals surface area contributed by atoms with Crippen molar-refractivity contribution in [1.29, 1.82) is 0 Å². The molecule has 1 heterocycles. The van der Waals surface area contributed by atoms with Crippen LogP contribution in [-0.4, -0.2) is 42.5 Å². The Hall–Kier alpha value is -2.69. The van der Waals surface area contributed by atoms with Gasteiger partial charge in [-0.1, -0.05) is 17.7 Å². The fourth-order valence-corrected chi connectivity index (χ4v) is 3.42. The Labute approximate surface area is 177 Å². The number of anilines is 2. The standard InChI is InChI=1S/C19H20ClFN4O4S/c1-11-4-5-14(13(20)8-11)23-17-12(19(26)24-29-6-7-30(3,27)28)9-15-18(16(17)21)22-10-25(15)2/h4-5,8-10,23H,6-7H2,1-3H3,(H,24,26). The molecule has 0 saturated heterocycles. The van der Waals surface area contributed by atoms with Crippen LogP contribution in [0.4, 0.5) is 15.8 Å². The molecule has 0 unspecified atom stereocenters. The van der Waals surface area contributed by atoms with Gasteiger partial charge in [-0.25, -0.2) is 23.3 Å². The lowest BCUT2D eigenvalue weighted by Gasteiger charge is -2.15. The molecule has 3 rings (SSSR count). The second-order valence-electron chi connectivity index (χ2n) is 6.85. The van der Waals surface area contributed by atoms with Gasteiger partial charge in [0.05, 0.1) is 46.2 Å². The Kier molecular flexibility index (Phi) is 6.30. The summed E-state index contributed by atoms with van der Waals surface area (Å²) in [4.78, 5) is 21.7. The maximum absolute atomic E-state index is 15.3. The molecule has 0 aliphatic rings. The molecule has 1 aromatic heterocycles. The highest BCUT2D eigenvalue weighted by molar-refractivity contribution is 7.90. The summed E-state index contributed by atoms with van der Waals surface area (Å²) < 4.78 is 39.2. The summed E-state index contributed by atoms with van der Waals surface area (Å²) in [6, 6.07) is 6.63. The van der Waals surface area contributed by atoms with Gasteiger partial charge in [0.25, 0.3) is 5.91 Å². The number of aromatic nitrogens is 2. The fourth-order valence-electron chi connectivity index (χ4n) is 2.75. The summed E-state index contributed by atoms with van der Waals surface area (Å²) >= 11 is 6.24. The summed E-state index contributed by atoms with van der Waals surface area (Å²) in [5.41, 5.74) is 3.77. The largest absolute Gasteiger partial charge is 0.351 e. The van der Waals surface area contributed by atoms with Gasteiger partial charge >= 0.3 is 0 Å². The first-order chi connectivity index (χ1) is 14.1. The highest BCUT2D eigenvalue weighted by atomic mass is 35.5. The number of fused-ring (bicyclic) bond motifs is 1. The predicted octanol–water partition coefficient (Wildman–Crippen LogP) is 3.12. The van der Waals surface area contributed by atoms with Crippen LogP contribution in [0.25, 0.3) is 11.0 Å². The molecule has 30 heavy (non-hydrogen) atoms. The topological polar surface area (TPSA) is 102 Å². The molecule has 3 aromatic rings. The van der Waals surface area contributed by atoms with Crippen molar-refractivity contribution in [1.82, 2.24) is 15.0 Å². The number of halogens is 2. The molecule has 0 aliphatic carbocycles. The Bertz CT molecular complexity index is 1230. The summed E-state index contributed by atoms with van der Waals surface area (Å²) in [5.74, 6) is -1.76. The monoisotopic (exact) mass is 454 g/mol. The number of sulfone groups is 1. The summed E-state index contributed by atoms with van der Waals surface area (Å²) in [7, 11) is -1.58. The van der Waals surface area contributed by atoms with Gasteiger partial charge in [0.2, 0.25) is 0 Å². The van der Waals surface area contributed by atoms with Gasteiger partial charge < -0.3 is 9.88 Å². The van der Waals surface area contributed by atoms with E-state index in [1.54, 1.807) is 29.8 Å². The minimum Gasteiger partial charge on any atom is -0.351 e. The Morgan fingerprint density at radius 2 is 2.07 bits per heavy atom. The minimum absolute atomic E-state index is 0.0559. The number of carbonyl (C=O) groups excluding carboxylic acids is 1. The Balaban J connectivity index is 1.97. The third kappa shape index (κ3) is 4.89. The SMILES string of the molecule is Cc1ccc(Nc2c(C(=O)NOCCS(C)(=O)=O)cc3c(ncn3C)c2F)c(Cl)c1. The maximum Gasteiger partial charge on any atom is 0.277 e. The highest BCUT2D eigenvalue weighted by Gasteiger charge is 2.22. The zero-order valence-electron chi connectivity index (χ0n) is 16.5. The van der Waals surface area contributed by atoms with Crippen LogP contribution in [0.1, 0.15) is 15.9 Å². The van der Waals surface area contributed by atoms with E-state index in [9.17, 15) is 13.2 Å². The smallest absolute Gasteiger partial charge is 0.277 e. The van der Waals surface area contributed by atoms with Crippen LogP contribution in [0.3, 0.4) is 0 Å². The first-order valence-corrected chi connectivity index (χ1v) is 11.3. The summed E-state index contributed by atoms with van der Waals surface area (Å²) in [5, 5.41) is 3.22. The molecule has 0 fully saturated rings. The molecule has 160 valence electrons. The number of hydroxylamine groups is 1. The van der Waals surface area contributed by atoms with Crippen LogP contribution >= 0.6 is 11.6 Å². The van der Waals surface area contributed by atoms with E-state index in [-0.39, 0.29) is 29.1 Å². The number of hydrogen-bond acceptors (Lipinski definition) is 6. The van der Waals surface area contributed by atoms with E-state index in [2.05, 4.69) is 15.8 Å². The second-order valence-corrected chi connectivity index (χ2v) is 9.52. The van der Waals surface area contributed by atoms with E-state index in [0.29, 0.717) is 16.2 Å². The number of nitrogens with zero attached hydrogens (tertiary/aromatic N) is 2. The van der Waals surface area contributed by atoms with Gasteiger partial charge in [-0.2, -0.15) is 0 Å². The molecule has 0 saturated carbocycles. The number of hydrogen-bond donors (Lipinski definition) is 2. The van der Waals surface area contributed by atoms with E-state index in [4.69, 9.17) is 16.4 Å². The van der Waals surface area contributed by atoms with E-state index < -0.39 is 21.6 Å². The van der Waals surface area contributed by atoms with Crippen molar-refractivity contribution in [3.05, 3.63) is 52.6 Å². The van der Waals surface area contributed by atoms with Crippen molar-refractivity contribution in [3.63, 3.8) is 0 Å². The first-order valence-electron chi connectivity index (χ1n) is 8.83. The normalized spacial score (nSPS) is 11.6. The van der Waals surface area contributed by atoms with Crippen molar-refractivity contribution >= 4 is 49.8 Å². The molecule has 0 atom stereocenters. The van der Waals surface area contributed by atoms with E-state index in [1.165, 1.54) is 12.4 Å². The molecule has 2 N–H and O–H groups in total. The average Bonchev–Trinajstić information content (AvgIpc) is 3.03. The number of rotatable bonds is 7. The minimum atomic E-state index is -3.25. The molecule has 8 nitrogen and oxygen atoms in total. The molecule has 11 heteroatoms. The van der Waals surface area contributed by atoms with Crippen LogP contribution in [0.2, 0.25) is 5.02 Å². The lowest BCUT2D eigenvalue weighted by Crippen LogP contribution is -2.27. The molecule has 0 spiro atoms. The Morgan fingerprint density at radius 3 is 2.73 bits per heavy atom. The van der Waals surface area contributed by atoms with Gasteiger partial charge in [0.1, 0.15) is 15.4 Å². The van der Waals surface area contributed by atoms with Gasteiger partial charge in [-0.15, -0.1) is 0 Å². The lowest BCUT2D eigenvalue weighted by molar-refractivity contribution is 0.0371. The molecule has 0 bridgehead atoms. The fraction of sp³-hybridized carbons (Fsp3) is 0.263. The van der Waals surface area contributed by atoms with Crippen LogP contribution in [0.15, 0.2) is 30.6 Å². The summed E-state index contributed by atoms with van der Waals surface area (Å²) in [6.45, 7) is 1.62. The number of imidazole rings is 1. The zero-order valence-corrected chi connectivity index (χ0v) is 18.1. The van der Waals surface area contributed by atoms with Crippen LogP contribution in [0.5, 0.6) is 0 Å². The molecule has 2 aromatic carbocycles. The van der Waals surface area contributed by atoms with Crippen molar-refractivity contribution in [2.45, 2.75) is 6.92 Å². The third-order valence-corrected chi connectivity index (χ3v) is 5.53. The molecule has 1 amide bonds. The van der Waals surface area contributed by atoms with Crippen LogP contribution < -0.4 is 10.8 Å². The van der Waals surface area contributed by atoms with Gasteiger partial charge in [0.15, 0.2) is 5.82 Å². The van der Waals surface area contributed by atoms with Crippen molar-refractivity contribution in [2.24, 2.45) is 7.05 Å². The number of aryl methyl sites for hydroxylation is 2. The quantitative estimate of drug-likeness (QED) is 0.420. The lowest BCUT2D eigenvalue weighted by atomic mass is 10.1. The van der Waals surface area contributed by atoms with Crippen molar-refractivity contribution in [2.75, 3.05) is 23.9 Å². The summed E-state index contributed by atoms with van der Waals surface area (Å²) in [6.07, 6.45) is 2.48. The molecular weight excluding hydrogens is 435 g/mol. The van der Waals surface area contributed by atoms with E-state index in [0.717, 1.165) is 11.8 Å². The van der Waals surface area contributed by atoms with E-state index >= 15 is 4.39 Å². The van der Waals surface area contributed by atoms with Crippen LogP contribution in [0, 0.1) is 12.7 Å². The number of carbonyl (C=O) groups is 1. The average molecular weight is 455 g/mol.